The van der Waals surface area contributed by atoms with Crippen molar-refractivity contribution in [2.45, 2.75) is 26.8 Å². The molecule has 0 aliphatic carbocycles. The number of rotatable bonds is 6. The van der Waals surface area contributed by atoms with Gasteiger partial charge in [-0.05, 0) is 45.0 Å². The first-order valence-corrected chi connectivity index (χ1v) is 9.82. The van der Waals surface area contributed by atoms with Gasteiger partial charge in [-0.2, -0.15) is 5.10 Å². The highest BCUT2D eigenvalue weighted by Crippen LogP contribution is 2.27. The Labute approximate surface area is 179 Å². The Hall–Kier alpha value is -3.13. The van der Waals surface area contributed by atoms with Crippen LogP contribution in [0.15, 0.2) is 30.5 Å². The molecule has 0 unspecified atom stereocenters. The molecule has 0 aliphatic rings. The summed E-state index contributed by atoms with van der Waals surface area (Å²) in [5.74, 6) is -0.178. The molecule has 2 amide bonds. The van der Waals surface area contributed by atoms with Crippen LogP contribution in [0.3, 0.4) is 0 Å². The molecule has 0 aliphatic heterocycles. The molecule has 2 aromatic heterocycles. The molecular weight excluding hydrogens is 406 g/mol. The van der Waals surface area contributed by atoms with Crippen molar-refractivity contribution in [2.75, 3.05) is 26.0 Å². The zero-order chi connectivity index (χ0) is 22.0. The van der Waals surface area contributed by atoms with Crippen LogP contribution < -0.4 is 10.1 Å². The van der Waals surface area contributed by atoms with Crippen molar-refractivity contribution in [3.8, 4) is 5.75 Å². The Balaban J connectivity index is 1.81. The average Bonchev–Trinajstić information content (AvgIpc) is 3.10. The van der Waals surface area contributed by atoms with Crippen molar-refractivity contribution < 1.29 is 14.3 Å². The lowest BCUT2D eigenvalue weighted by Gasteiger charge is -2.18. The Bertz CT molecular complexity index is 1110. The Kier molecular flexibility index (Phi) is 6.26. The zero-order valence-electron chi connectivity index (χ0n) is 17.6. The van der Waals surface area contributed by atoms with Crippen LogP contribution in [-0.2, 0) is 4.79 Å². The second-order valence-electron chi connectivity index (χ2n) is 7.29. The van der Waals surface area contributed by atoms with E-state index in [0.717, 1.165) is 0 Å². The van der Waals surface area contributed by atoms with Gasteiger partial charge >= 0.3 is 0 Å². The van der Waals surface area contributed by atoms with Gasteiger partial charge in [0.15, 0.2) is 5.65 Å². The van der Waals surface area contributed by atoms with E-state index in [1.807, 2.05) is 20.8 Å². The number of ether oxygens (including phenoxy) is 1. The van der Waals surface area contributed by atoms with Gasteiger partial charge in [-0.3, -0.25) is 9.59 Å². The molecule has 1 aromatic carbocycles. The summed E-state index contributed by atoms with van der Waals surface area (Å²) >= 11 is 6.00. The van der Waals surface area contributed by atoms with Crippen molar-refractivity contribution in [3.63, 3.8) is 0 Å². The summed E-state index contributed by atoms with van der Waals surface area (Å²) < 4.78 is 7.01. The third-order valence-electron chi connectivity index (χ3n) is 4.58. The number of nitrogens with zero attached hydrogens (tertiary/aromatic N) is 4. The molecule has 0 spiro atoms. The maximum absolute atomic E-state index is 13.1. The molecule has 0 bridgehead atoms. The molecule has 3 aromatic rings. The van der Waals surface area contributed by atoms with Crippen LogP contribution in [0, 0.1) is 6.92 Å². The van der Waals surface area contributed by atoms with Crippen LogP contribution in [0.1, 0.15) is 35.9 Å². The number of carbonyl (C=O) groups is 2. The van der Waals surface area contributed by atoms with Crippen LogP contribution >= 0.6 is 11.6 Å². The number of nitrogens with one attached hydrogen (secondary N) is 1. The van der Waals surface area contributed by atoms with E-state index in [4.69, 9.17) is 16.3 Å². The quantitative estimate of drug-likeness (QED) is 0.645. The Morgan fingerprint density at radius 3 is 2.70 bits per heavy atom. The topological polar surface area (TPSA) is 89.3 Å². The number of carbonyl (C=O) groups excluding carboxylic acids is 2. The monoisotopic (exact) mass is 429 g/mol. The number of fused-ring (bicyclic) bond motifs is 1. The van der Waals surface area contributed by atoms with Gasteiger partial charge in [0.05, 0.1) is 36.5 Å². The van der Waals surface area contributed by atoms with Crippen LogP contribution in [0.4, 0.5) is 5.69 Å². The van der Waals surface area contributed by atoms with Crippen LogP contribution in [0.2, 0.25) is 5.02 Å². The van der Waals surface area contributed by atoms with Gasteiger partial charge in [0, 0.05) is 23.8 Å². The fourth-order valence-corrected chi connectivity index (χ4v) is 3.33. The fraction of sp³-hybridized carbons (Fsp3) is 0.333. The van der Waals surface area contributed by atoms with Crippen molar-refractivity contribution in [3.05, 3.63) is 46.7 Å². The van der Waals surface area contributed by atoms with E-state index in [2.05, 4.69) is 15.4 Å². The maximum atomic E-state index is 13.1. The predicted octanol–water partition coefficient (Wildman–Crippen LogP) is 3.69. The number of methoxy groups -OCH3 is 1. The minimum atomic E-state index is -0.369. The Morgan fingerprint density at radius 2 is 2.03 bits per heavy atom. The fourth-order valence-electron chi connectivity index (χ4n) is 3.16. The largest absolute Gasteiger partial charge is 0.495 e. The molecule has 158 valence electrons. The molecule has 3 rings (SSSR count). The zero-order valence-corrected chi connectivity index (χ0v) is 18.3. The van der Waals surface area contributed by atoms with Gasteiger partial charge in [-0.25, -0.2) is 9.67 Å². The first-order valence-electron chi connectivity index (χ1n) is 9.45. The van der Waals surface area contributed by atoms with E-state index < -0.39 is 0 Å². The molecular formula is C21H24ClN5O3. The van der Waals surface area contributed by atoms with E-state index in [1.165, 1.54) is 12.0 Å². The van der Waals surface area contributed by atoms with Crippen molar-refractivity contribution in [1.29, 1.82) is 0 Å². The summed E-state index contributed by atoms with van der Waals surface area (Å²) in [6.45, 7) is 5.68. The molecule has 30 heavy (non-hydrogen) atoms. The van der Waals surface area contributed by atoms with E-state index in [0.29, 0.717) is 38.8 Å². The van der Waals surface area contributed by atoms with E-state index in [1.54, 1.807) is 42.2 Å². The minimum absolute atomic E-state index is 0.107. The number of hydrogen-bond acceptors (Lipinski definition) is 5. The third kappa shape index (κ3) is 4.38. The van der Waals surface area contributed by atoms with Gasteiger partial charge in [0.25, 0.3) is 5.91 Å². The highest BCUT2D eigenvalue weighted by atomic mass is 35.5. The molecule has 0 saturated heterocycles. The lowest BCUT2D eigenvalue weighted by Crippen LogP contribution is -2.35. The lowest BCUT2D eigenvalue weighted by atomic mass is 10.1. The van der Waals surface area contributed by atoms with Gasteiger partial charge in [-0.15, -0.1) is 0 Å². The number of anilines is 1. The number of hydrogen-bond donors (Lipinski definition) is 1. The average molecular weight is 430 g/mol. The number of amides is 2. The number of aromatic nitrogens is 3. The second kappa shape index (κ2) is 8.71. The van der Waals surface area contributed by atoms with Crippen LogP contribution in [-0.4, -0.2) is 52.2 Å². The molecule has 0 atom stereocenters. The molecule has 0 fully saturated rings. The van der Waals surface area contributed by atoms with Gasteiger partial charge in [-0.1, -0.05) is 11.6 Å². The summed E-state index contributed by atoms with van der Waals surface area (Å²) in [5.41, 5.74) is 2.25. The summed E-state index contributed by atoms with van der Waals surface area (Å²) in [6.07, 6.45) is 1.64. The number of benzene rings is 1. The number of likely N-dealkylation sites (N-methyl/N-ethyl adjacent to an activating group) is 1. The Morgan fingerprint density at radius 1 is 1.30 bits per heavy atom. The summed E-state index contributed by atoms with van der Waals surface area (Å²) in [5, 5.41) is 8.22. The van der Waals surface area contributed by atoms with Gasteiger partial charge in [0.2, 0.25) is 5.91 Å². The number of halogens is 1. The molecule has 0 radical (unpaired) electrons. The van der Waals surface area contributed by atoms with Crippen LogP contribution in [0.25, 0.3) is 11.0 Å². The van der Waals surface area contributed by atoms with Crippen molar-refractivity contribution >= 4 is 40.1 Å². The lowest BCUT2D eigenvalue weighted by molar-refractivity contribution is -0.116. The van der Waals surface area contributed by atoms with Gasteiger partial charge in [0.1, 0.15) is 5.75 Å². The van der Waals surface area contributed by atoms with E-state index in [9.17, 15) is 9.59 Å². The van der Waals surface area contributed by atoms with Crippen LogP contribution in [0.5, 0.6) is 5.75 Å². The highest BCUT2D eigenvalue weighted by Gasteiger charge is 2.21. The first kappa shape index (κ1) is 21.6. The highest BCUT2D eigenvalue weighted by molar-refractivity contribution is 6.31. The molecule has 0 saturated carbocycles. The third-order valence-corrected chi connectivity index (χ3v) is 4.81. The number of pyridine rings is 1. The summed E-state index contributed by atoms with van der Waals surface area (Å²) in [6, 6.07) is 6.74. The smallest absolute Gasteiger partial charge is 0.254 e. The molecule has 1 N–H and O–H groups in total. The molecule has 2 heterocycles. The molecule has 9 heteroatoms. The minimum Gasteiger partial charge on any atom is -0.495 e. The van der Waals surface area contributed by atoms with E-state index in [-0.39, 0.29) is 24.4 Å². The summed E-state index contributed by atoms with van der Waals surface area (Å²) in [7, 11) is 3.08. The summed E-state index contributed by atoms with van der Waals surface area (Å²) in [4.78, 5) is 31.5. The maximum Gasteiger partial charge on any atom is 0.254 e. The molecule has 8 nitrogen and oxygen atoms in total. The SMILES string of the molecule is COc1ccc(Cl)cc1NC(=O)CN(C)C(=O)c1cc(C)nc2c1cnn2C(C)C. The second-order valence-corrected chi connectivity index (χ2v) is 7.72. The van der Waals surface area contributed by atoms with Crippen molar-refractivity contribution in [1.82, 2.24) is 19.7 Å². The normalized spacial score (nSPS) is 11.0. The van der Waals surface area contributed by atoms with Crippen molar-refractivity contribution in [2.24, 2.45) is 0 Å². The first-order chi connectivity index (χ1) is 14.2. The standard InChI is InChI=1S/C21H24ClN5O3/c1-12(2)27-20-16(10-23-27)15(8-13(3)24-20)21(29)26(4)11-19(28)25-17-9-14(22)6-7-18(17)30-5/h6-10,12H,11H2,1-5H3,(H,25,28). The number of aryl methyl sites for hydroxylation is 1. The predicted molar refractivity (Wildman–Crippen MR) is 116 cm³/mol. The van der Waals surface area contributed by atoms with Gasteiger partial charge < -0.3 is 15.0 Å². The van der Waals surface area contributed by atoms with E-state index >= 15 is 0 Å².